The Bertz CT molecular complexity index is 586. The van der Waals surface area contributed by atoms with Crippen molar-refractivity contribution in [3.63, 3.8) is 0 Å². The van der Waals surface area contributed by atoms with E-state index in [-0.39, 0.29) is 15.6 Å². The molecule has 4 nitrogen and oxygen atoms in total. The highest BCUT2D eigenvalue weighted by atomic mass is 127. The van der Waals surface area contributed by atoms with Crippen molar-refractivity contribution in [2.45, 2.75) is 11.8 Å². The molecule has 0 heterocycles. The van der Waals surface area contributed by atoms with Gasteiger partial charge < -0.3 is 0 Å². The molecule has 0 atom stereocenters. The van der Waals surface area contributed by atoms with Crippen LogP contribution in [-0.4, -0.2) is 13.6 Å². The monoisotopic (exact) mass is 368 g/mol. The van der Waals surface area contributed by atoms with Gasteiger partial charge in [-0.25, -0.2) is 0 Å². The van der Waals surface area contributed by atoms with E-state index in [1.807, 2.05) is 28.7 Å². The summed E-state index contributed by atoms with van der Waals surface area (Å²) in [6, 6.07) is 6.16. The fourth-order valence-electron chi connectivity index (χ4n) is 0.995. The Balaban J connectivity index is 3.41. The van der Waals surface area contributed by atoms with Gasteiger partial charge in [-0.05, 0) is 47.7 Å². The first-order valence-electron chi connectivity index (χ1n) is 4.03. The number of nitriles is 1. The standard InChI is InChI=1S/C9H6ClIN2O2S/c1-6(10)13-16(14,15)9-3-7(5-12)2-8(11)4-9/h2-4H,1H3. The third-order valence-corrected chi connectivity index (χ3v) is 3.70. The van der Waals surface area contributed by atoms with Crippen molar-refractivity contribution in [1.82, 2.24) is 0 Å². The van der Waals surface area contributed by atoms with Gasteiger partial charge in [-0.15, -0.1) is 0 Å². The van der Waals surface area contributed by atoms with Gasteiger partial charge in [0, 0.05) is 3.57 Å². The lowest BCUT2D eigenvalue weighted by atomic mass is 10.2. The summed E-state index contributed by atoms with van der Waals surface area (Å²) in [5.74, 6) is 0. The number of rotatable bonds is 2. The molecule has 0 aliphatic rings. The van der Waals surface area contributed by atoms with Crippen molar-refractivity contribution >= 4 is 49.4 Å². The van der Waals surface area contributed by atoms with E-state index in [1.54, 1.807) is 6.07 Å². The number of sulfonamides is 1. The lowest BCUT2D eigenvalue weighted by Gasteiger charge is -2.00. The predicted octanol–water partition coefficient (Wildman–Crippen LogP) is 2.51. The second-order valence-corrected chi connectivity index (χ2v) is 6.25. The van der Waals surface area contributed by atoms with Gasteiger partial charge in [0.25, 0.3) is 10.0 Å². The van der Waals surface area contributed by atoms with Crippen molar-refractivity contribution in [2.24, 2.45) is 4.40 Å². The lowest BCUT2D eigenvalue weighted by molar-refractivity contribution is 0.598. The molecule has 0 fully saturated rings. The van der Waals surface area contributed by atoms with Crippen LogP contribution >= 0.6 is 34.2 Å². The Labute approximate surface area is 112 Å². The molecule has 0 aliphatic carbocycles. The molecule has 0 saturated heterocycles. The van der Waals surface area contributed by atoms with Gasteiger partial charge in [0.1, 0.15) is 5.17 Å². The van der Waals surface area contributed by atoms with E-state index in [9.17, 15) is 8.42 Å². The van der Waals surface area contributed by atoms with E-state index in [0.29, 0.717) is 3.57 Å². The topological polar surface area (TPSA) is 70.3 Å². The first-order chi connectivity index (χ1) is 7.35. The van der Waals surface area contributed by atoms with Crippen LogP contribution < -0.4 is 0 Å². The zero-order chi connectivity index (χ0) is 12.3. The summed E-state index contributed by atoms with van der Waals surface area (Å²) in [4.78, 5) is -0.0315. The average molecular weight is 369 g/mol. The summed E-state index contributed by atoms with van der Waals surface area (Å²) in [7, 11) is -3.81. The summed E-state index contributed by atoms with van der Waals surface area (Å²) in [6.45, 7) is 1.37. The van der Waals surface area contributed by atoms with Gasteiger partial charge in [0.15, 0.2) is 0 Å². The molecule has 1 aromatic rings. The minimum absolute atomic E-state index is 0.0315. The highest BCUT2D eigenvalue weighted by molar-refractivity contribution is 14.1. The fraction of sp³-hybridized carbons (Fsp3) is 0.111. The van der Waals surface area contributed by atoms with Gasteiger partial charge >= 0.3 is 0 Å². The molecule has 1 aromatic carbocycles. The minimum Gasteiger partial charge on any atom is -0.199 e. The normalized spacial score (nSPS) is 12.2. The number of benzene rings is 1. The maximum atomic E-state index is 11.7. The minimum atomic E-state index is -3.81. The molecular weight excluding hydrogens is 363 g/mol. The van der Waals surface area contributed by atoms with E-state index in [2.05, 4.69) is 4.40 Å². The summed E-state index contributed by atoms with van der Waals surface area (Å²) in [5.41, 5.74) is 0.271. The largest absolute Gasteiger partial charge is 0.283 e. The molecule has 1 rings (SSSR count). The van der Waals surface area contributed by atoms with Crippen LogP contribution in [0.3, 0.4) is 0 Å². The van der Waals surface area contributed by atoms with Crippen LogP contribution in [0.4, 0.5) is 0 Å². The van der Waals surface area contributed by atoms with Crippen LogP contribution in [0.15, 0.2) is 27.5 Å². The summed E-state index contributed by atoms with van der Waals surface area (Å²) < 4.78 is 27.3. The molecule has 0 aromatic heterocycles. The number of hydrogen-bond acceptors (Lipinski definition) is 3. The first kappa shape index (κ1) is 13.4. The second kappa shape index (κ2) is 5.12. The van der Waals surface area contributed by atoms with Gasteiger partial charge in [0.05, 0.1) is 16.5 Å². The van der Waals surface area contributed by atoms with Crippen LogP contribution in [0.5, 0.6) is 0 Å². The van der Waals surface area contributed by atoms with Gasteiger partial charge in [0.2, 0.25) is 0 Å². The molecule has 0 N–H and O–H groups in total. The molecule has 0 amide bonds. The Morgan fingerprint density at radius 1 is 1.50 bits per heavy atom. The van der Waals surface area contributed by atoms with E-state index in [0.717, 1.165) is 0 Å². The van der Waals surface area contributed by atoms with Crippen LogP contribution in [0.2, 0.25) is 0 Å². The molecule has 0 spiro atoms. The number of nitrogens with zero attached hydrogens (tertiary/aromatic N) is 2. The van der Waals surface area contributed by atoms with Crippen LogP contribution in [0, 0.1) is 14.9 Å². The maximum Gasteiger partial charge on any atom is 0.283 e. The van der Waals surface area contributed by atoms with Crippen molar-refractivity contribution < 1.29 is 8.42 Å². The third kappa shape index (κ3) is 3.43. The Morgan fingerprint density at radius 3 is 2.62 bits per heavy atom. The number of halogens is 2. The molecule has 16 heavy (non-hydrogen) atoms. The van der Waals surface area contributed by atoms with Crippen LogP contribution in [0.1, 0.15) is 12.5 Å². The summed E-state index contributed by atoms with van der Waals surface area (Å²) in [5, 5.41) is 8.65. The first-order valence-corrected chi connectivity index (χ1v) is 6.92. The Kier molecular flexibility index (Phi) is 4.29. The fourth-order valence-corrected chi connectivity index (χ4v) is 3.14. The molecule has 0 radical (unpaired) electrons. The smallest absolute Gasteiger partial charge is 0.199 e. The molecule has 0 bridgehead atoms. The van der Waals surface area contributed by atoms with Gasteiger partial charge in [-0.1, -0.05) is 11.6 Å². The molecule has 0 saturated carbocycles. The van der Waals surface area contributed by atoms with E-state index in [4.69, 9.17) is 16.9 Å². The van der Waals surface area contributed by atoms with E-state index < -0.39 is 10.0 Å². The second-order valence-electron chi connectivity index (χ2n) is 2.85. The highest BCUT2D eigenvalue weighted by Gasteiger charge is 2.14. The van der Waals surface area contributed by atoms with Crippen molar-refractivity contribution in [2.75, 3.05) is 0 Å². The Morgan fingerprint density at radius 2 is 2.12 bits per heavy atom. The molecule has 84 valence electrons. The molecule has 0 unspecified atom stereocenters. The quantitative estimate of drug-likeness (QED) is 0.595. The summed E-state index contributed by atoms with van der Waals surface area (Å²) in [6.07, 6.45) is 0. The zero-order valence-electron chi connectivity index (χ0n) is 8.11. The van der Waals surface area contributed by atoms with Gasteiger partial charge in [-0.3, -0.25) is 0 Å². The van der Waals surface area contributed by atoms with Crippen molar-refractivity contribution in [3.05, 3.63) is 27.3 Å². The maximum absolute atomic E-state index is 11.7. The highest BCUT2D eigenvalue weighted by Crippen LogP contribution is 2.18. The van der Waals surface area contributed by atoms with Crippen LogP contribution in [0.25, 0.3) is 0 Å². The van der Waals surface area contributed by atoms with Crippen molar-refractivity contribution in [1.29, 1.82) is 5.26 Å². The molecule has 7 heteroatoms. The average Bonchev–Trinajstić information content (AvgIpc) is 2.14. The summed E-state index contributed by atoms with van der Waals surface area (Å²) >= 11 is 7.36. The molecule has 0 aliphatic heterocycles. The molecular formula is C9H6ClIN2O2S. The van der Waals surface area contributed by atoms with Crippen LogP contribution in [-0.2, 0) is 10.0 Å². The zero-order valence-corrected chi connectivity index (χ0v) is 11.8. The van der Waals surface area contributed by atoms with E-state index in [1.165, 1.54) is 19.1 Å². The Hall–Kier alpha value is -0.650. The van der Waals surface area contributed by atoms with Gasteiger partial charge in [-0.2, -0.15) is 18.1 Å². The van der Waals surface area contributed by atoms with Crippen molar-refractivity contribution in [3.8, 4) is 6.07 Å². The van der Waals surface area contributed by atoms with E-state index >= 15 is 0 Å². The third-order valence-electron chi connectivity index (χ3n) is 1.54. The number of hydrogen-bond donors (Lipinski definition) is 0. The predicted molar refractivity (Wildman–Crippen MR) is 70.0 cm³/mol. The lowest BCUT2D eigenvalue weighted by Crippen LogP contribution is -2.00. The SMILES string of the molecule is CC(Cl)=NS(=O)(=O)c1cc(I)cc(C#N)c1.